The molecule has 6 heteroatoms. The first-order chi connectivity index (χ1) is 11.6. The summed E-state index contributed by atoms with van der Waals surface area (Å²) >= 11 is 1.57. The summed E-state index contributed by atoms with van der Waals surface area (Å²) in [5.74, 6) is 0.424. The van der Waals surface area contributed by atoms with E-state index in [1.165, 1.54) is 4.88 Å². The monoisotopic (exact) mass is 340 g/mol. The number of piperidine rings is 1. The number of hydrogen-bond acceptors (Lipinski definition) is 4. The van der Waals surface area contributed by atoms with Crippen LogP contribution in [0.2, 0.25) is 0 Å². The van der Waals surface area contributed by atoms with Crippen LogP contribution in [0.4, 0.5) is 0 Å². The Kier molecular flexibility index (Phi) is 3.84. The maximum absolute atomic E-state index is 12.8. The van der Waals surface area contributed by atoms with Crippen molar-refractivity contribution in [3.8, 4) is 0 Å². The SMILES string of the molecule is Cc1ccc(C(=O)N2CCCC(c3nn(C)c4ncccc34)C2)s1. The molecule has 1 amide bonds. The second-order valence-corrected chi connectivity index (χ2v) is 7.67. The molecule has 1 fully saturated rings. The third-order valence-corrected chi connectivity index (χ3v) is 5.66. The fourth-order valence-corrected chi connectivity index (χ4v) is 4.34. The molecule has 0 bridgehead atoms. The zero-order chi connectivity index (χ0) is 16.7. The van der Waals surface area contributed by atoms with Crippen LogP contribution in [-0.2, 0) is 7.05 Å². The lowest BCUT2D eigenvalue weighted by Crippen LogP contribution is -2.39. The molecule has 0 saturated carbocycles. The number of fused-ring (bicyclic) bond motifs is 1. The lowest BCUT2D eigenvalue weighted by Gasteiger charge is -2.31. The van der Waals surface area contributed by atoms with Crippen molar-refractivity contribution in [2.45, 2.75) is 25.7 Å². The van der Waals surface area contributed by atoms with Crippen molar-refractivity contribution in [3.05, 3.63) is 45.9 Å². The fourth-order valence-electron chi connectivity index (χ4n) is 3.51. The molecular weight excluding hydrogens is 320 g/mol. The molecular formula is C18H20N4OS. The molecule has 0 N–H and O–H groups in total. The van der Waals surface area contributed by atoms with E-state index >= 15 is 0 Å². The maximum atomic E-state index is 12.8. The Bertz CT molecular complexity index is 897. The summed E-state index contributed by atoms with van der Waals surface area (Å²) in [6, 6.07) is 7.98. The van der Waals surface area contributed by atoms with Crippen LogP contribution in [0, 0.1) is 6.92 Å². The highest BCUT2D eigenvalue weighted by Gasteiger charge is 2.29. The summed E-state index contributed by atoms with van der Waals surface area (Å²) in [5, 5.41) is 5.81. The Morgan fingerprint density at radius 2 is 2.21 bits per heavy atom. The summed E-state index contributed by atoms with van der Waals surface area (Å²) in [6.45, 7) is 3.60. The van der Waals surface area contributed by atoms with E-state index < -0.39 is 0 Å². The third kappa shape index (κ3) is 2.60. The second kappa shape index (κ2) is 6.02. The van der Waals surface area contributed by atoms with Gasteiger partial charge in [0.25, 0.3) is 5.91 Å². The molecule has 4 rings (SSSR count). The number of aromatic nitrogens is 3. The molecule has 1 aliphatic rings. The van der Waals surface area contributed by atoms with Gasteiger partial charge in [0.05, 0.1) is 10.6 Å². The number of likely N-dealkylation sites (tertiary alicyclic amines) is 1. The summed E-state index contributed by atoms with van der Waals surface area (Å²) in [6.07, 6.45) is 3.87. The van der Waals surface area contributed by atoms with E-state index in [0.29, 0.717) is 0 Å². The normalized spacial score (nSPS) is 18.2. The molecule has 0 spiro atoms. The molecule has 4 heterocycles. The van der Waals surface area contributed by atoms with Crippen molar-refractivity contribution in [3.63, 3.8) is 0 Å². The molecule has 1 aliphatic heterocycles. The maximum Gasteiger partial charge on any atom is 0.263 e. The Morgan fingerprint density at radius 1 is 1.33 bits per heavy atom. The van der Waals surface area contributed by atoms with Crippen molar-refractivity contribution in [1.29, 1.82) is 0 Å². The van der Waals surface area contributed by atoms with E-state index in [4.69, 9.17) is 5.10 Å². The number of pyridine rings is 1. The molecule has 1 atom stereocenters. The van der Waals surface area contributed by atoms with E-state index in [1.807, 2.05) is 41.8 Å². The Hall–Kier alpha value is -2.21. The minimum absolute atomic E-state index is 0.149. The minimum Gasteiger partial charge on any atom is -0.337 e. The molecule has 0 radical (unpaired) electrons. The zero-order valence-electron chi connectivity index (χ0n) is 13.9. The molecule has 1 saturated heterocycles. The van der Waals surface area contributed by atoms with E-state index in [9.17, 15) is 4.79 Å². The van der Waals surface area contributed by atoms with Gasteiger partial charge < -0.3 is 4.90 Å². The highest BCUT2D eigenvalue weighted by molar-refractivity contribution is 7.13. The van der Waals surface area contributed by atoms with E-state index in [2.05, 4.69) is 11.1 Å². The van der Waals surface area contributed by atoms with Gasteiger partial charge in [0, 0.05) is 42.5 Å². The van der Waals surface area contributed by atoms with Gasteiger partial charge >= 0.3 is 0 Å². The highest BCUT2D eigenvalue weighted by atomic mass is 32.1. The largest absolute Gasteiger partial charge is 0.337 e. The zero-order valence-corrected chi connectivity index (χ0v) is 14.7. The second-order valence-electron chi connectivity index (χ2n) is 6.38. The van der Waals surface area contributed by atoms with Crippen LogP contribution in [0.1, 0.15) is 39.0 Å². The average Bonchev–Trinajstić information content (AvgIpc) is 3.19. The van der Waals surface area contributed by atoms with Gasteiger partial charge in [-0.15, -0.1) is 11.3 Å². The summed E-state index contributed by atoms with van der Waals surface area (Å²) in [4.78, 5) is 21.2. The molecule has 1 unspecified atom stereocenters. The lowest BCUT2D eigenvalue weighted by molar-refractivity contribution is 0.0711. The van der Waals surface area contributed by atoms with Gasteiger partial charge in [0.15, 0.2) is 5.65 Å². The first-order valence-electron chi connectivity index (χ1n) is 8.27. The van der Waals surface area contributed by atoms with Crippen LogP contribution < -0.4 is 0 Å². The van der Waals surface area contributed by atoms with Gasteiger partial charge in [0.2, 0.25) is 0 Å². The Balaban J connectivity index is 1.61. The van der Waals surface area contributed by atoms with Crippen LogP contribution in [0.3, 0.4) is 0 Å². The molecule has 24 heavy (non-hydrogen) atoms. The molecule has 124 valence electrons. The van der Waals surface area contributed by atoms with Gasteiger partial charge in [0.1, 0.15) is 0 Å². The standard InChI is InChI=1S/C18H20N4OS/c1-12-7-8-15(24-12)18(23)22-10-4-5-13(11-22)16-14-6-3-9-19-17(14)21(2)20-16/h3,6-9,13H,4-5,10-11H2,1-2H3. The van der Waals surface area contributed by atoms with Crippen LogP contribution in [0.15, 0.2) is 30.5 Å². The predicted molar refractivity (Wildman–Crippen MR) is 95.4 cm³/mol. The quantitative estimate of drug-likeness (QED) is 0.719. The Morgan fingerprint density at radius 3 is 3.00 bits per heavy atom. The van der Waals surface area contributed by atoms with Crippen molar-refractivity contribution in [2.24, 2.45) is 7.05 Å². The summed E-state index contributed by atoms with van der Waals surface area (Å²) < 4.78 is 1.84. The molecule has 3 aromatic heterocycles. The number of amides is 1. The Labute approximate surface area is 144 Å². The predicted octanol–water partition coefficient (Wildman–Crippen LogP) is 3.36. The smallest absolute Gasteiger partial charge is 0.263 e. The van der Waals surface area contributed by atoms with E-state index in [0.717, 1.165) is 47.5 Å². The number of carbonyl (C=O) groups is 1. The van der Waals surface area contributed by atoms with Gasteiger partial charge in [-0.3, -0.25) is 9.48 Å². The molecule has 5 nitrogen and oxygen atoms in total. The van der Waals surface area contributed by atoms with E-state index in [-0.39, 0.29) is 11.8 Å². The van der Waals surface area contributed by atoms with Crippen LogP contribution in [0.25, 0.3) is 11.0 Å². The first-order valence-corrected chi connectivity index (χ1v) is 9.08. The van der Waals surface area contributed by atoms with Gasteiger partial charge in [-0.1, -0.05) is 0 Å². The first kappa shape index (κ1) is 15.3. The molecule has 0 aromatic carbocycles. The number of rotatable bonds is 2. The topological polar surface area (TPSA) is 51.0 Å². The minimum atomic E-state index is 0.149. The number of hydrogen-bond donors (Lipinski definition) is 0. The van der Waals surface area contributed by atoms with Crippen molar-refractivity contribution < 1.29 is 4.79 Å². The van der Waals surface area contributed by atoms with Crippen LogP contribution in [0.5, 0.6) is 0 Å². The highest BCUT2D eigenvalue weighted by Crippen LogP contribution is 2.31. The molecule has 0 aliphatic carbocycles. The average molecular weight is 340 g/mol. The lowest BCUT2D eigenvalue weighted by atomic mass is 9.93. The number of carbonyl (C=O) groups excluding carboxylic acids is 1. The van der Waals surface area contributed by atoms with Crippen molar-refractivity contribution in [2.75, 3.05) is 13.1 Å². The van der Waals surface area contributed by atoms with Crippen molar-refractivity contribution in [1.82, 2.24) is 19.7 Å². The van der Waals surface area contributed by atoms with Crippen LogP contribution >= 0.6 is 11.3 Å². The van der Waals surface area contributed by atoms with Gasteiger partial charge in [-0.2, -0.15) is 5.10 Å². The fraction of sp³-hybridized carbons (Fsp3) is 0.389. The third-order valence-electron chi connectivity index (χ3n) is 4.67. The summed E-state index contributed by atoms with van der Waals surface area (Å²) in [5.41, 5.74) is 1.98. The van der Waals surface area contributed by atoms with E-state index in [1.54, 1.807) is 17.5 Å². The van der Waals surface area contributed by atoms with Crippen LogP contribution in [-0.4, -0.2) is 38.7 Å². The number of aryl methyl sites for hydroxylation is 2. The van der Waals surface area contributed by atoms with Gasteiger partial charge in [-0.05, 0) is 44.0 Å². The number of thiophene rings is 1. The molecule has 3 aromatic rings. The van der Waals surface area contributed by atoms with Gasteiger partial charge in [-0.25, -0.2) is 4.98 Å². The number of nitrogens with zero attached hydrogens (tertiary/aromatic N) is 4. The summed E-state index contributed by atoms with van der Waals surface area (Å²) in [7, 11) is 1.93. The van der Waals surface area contributed by atoms with Crippen molar-refractivity contribution >= 4 is 28.3 Å².